The summed E-state index contributed by atoms with van der Waals surface area (Å²) in [6.45, 7) is 0. The molecule has 0 saturated carbocycles. The van der Waals surface area contributed by atoms with Gasteiger partial charge in [-0.1, -0.05) is 56.1 Å². The van der Waals surface area contributed by atoms with E-state index >= 15 is 0 Å². The molecule has 1 aromatic heterocycles. The minimum Gasteiger partial charge on any atom is -0.320 e. The molecule has 0 radical (unpaired) electrons. The Morgan fingerprint density at radius 1 is 1.00 bits per heavy atom. The number of hydrogen-bond donors (Lipinski definition) is 1. The van der Waals surface area contributed by atoms with E-state index in [0.29, 0.717) is 0 Å². The first-order valence-corrected chi connectivity index (χ1v) is 7.78. The van der Waals surface area contributed by atoms with Crippen LogP contribution in [0.5, 0.6) is 0 Å². The Labute approximate surface area is 134 Å². The lowest BCUT2D eigenvalue weighted by atomic mass is 9.95. The van der Waals surface area contributed by atoms with E-state index < -0.39 is 0 Å². The molecule has 0 aliphatic rings. The number of aromatic nitrogens is 1. The van der Waals surface area contributed by atoms with Crippen LogP contribution in [0.15, 0.2) is 63.8 Å². The number of hydrogen-bond acceptors (Lipinski definition) is 2. The lowest BCUT2D eigenvalue weighted by Gasteiger charge is -2.16. The zero-order chi connectivity index (χ0) is 14.1. The van der Waals surface area contributed by atoms with E-state index in [0.717, 1.165) is 30.8 Å². The summed E-state index contributed by atoms with van der Waals surface area (Å²) < 4.78 is 2.03. The lowest BCUT2D eigenvalue weighted by molar-refractivity contribution is 0.874. The SMILES string of the molecule is NC(c1ccc(Br)cc1Br)c1cccc2ccncc12. The van der Waals surface area contributed by atoms with Gasteiger partial charge >= 0.3 is 0 Å². The van der Waals surface area contributed by atoms with E-state index in [1.54, 1.807) is 6.20 Å². The molecule has 0 aliphatic heterocycles. The van der Waals surface area contributed by atoms with E-state index in [9.17, 15) is 0 Å². The molecule has 1 unspecified atom stereocenters. The Bertz CT molecular complexity index is 766. The first kappa shape index (κ1) is 13.7. The van der Waals surface area contributed by atoms with Gasteiger partial charge in [-0.2, -0.15) is 0 Å². The van der Waals surface area contributed by atoms with Crippen molar-refractivity contribution in [2.75, 3.05) is 0 Å². The molecule has 3 aromatic rings. The summed E-state index contributed by atoms with van der Waals surface area (Å²) >= 11 is 7.04. The Kier molecular flexibility index (Phi) is 3.87. The van der Waals surface area contributed by atoms with Crippen molar-refractivity contribution in [3.05, 3.63) is 74.9 Å². The number of halogens is 2. The second kappa shape index (κ2) is 5.64. The summed E-state index contributed by atoms with van der Waals surface area (Å²) in [5.74, 6) is 0. The van der Waals surface area contributed by atoms with Crippen LogP contribution in [-0.2, 0) is 0 Å². The highest BCUT2D eigenvalue weighted by atomic mass is 79.9. The van der Waals surface area contributed by atoms with Gasteiger partial charge in [0, 0.05) is 26.7 Å². The molecule has 0 saturated heterocycles. The van der Waals surface area contributed by atoms with Crippen LogP contribution in [-0.4, -0.2) is 4.98 Å². The average Bonchev–Trinajstić information content (AvgIpc) is 2.46. The number of nitrogens with zero attached hydrogens (tertiary/aromatic N) is 1. The fourth-order valence-corrected chi connectivity index (χ4v) is 3.62. The summed E-state index contributed by atoms with van der Waals surface area (Å²) in [6, 6.07) is 14.0. The first-order chi connectivity index (χ1) is 9.66. The van der Waals surface area contributed by atoms with Crippen molar-refractivity contribution < 1.29 is 0 Å². The standard InChI is InChI=1S/C16H12Br2N2/c17-11-4-5-13(15(18)8-11)16(19)12-3-1-2-10-6-7-20-9-14(10)12/h1-9,16H,19H2. The van der Waals surface area contributed by atoms with Crippen LogP contribution in [0.25, 0.3) is 10.8 Å². The van der Waals surface area contributed by atoms with Crippen LogP contribution in [0.4, 0.5) is 0 Å². The van der Waals surface area contributed by atoms with Gasteiger partial charge in [-0.15, -0.1) is 0 Å². The molecule has 20 heavy (non-hydrogen) atoms. The van der Waals surface area contributed by atoms with Crippen LogP contribution < -0.4 is 5.73 Å². The van der Waals surface area contributed by atoms with Gasteiger partial charge in [-0.05, 0) is 34.7 Å². The van der Waals surface area contributed by atoms with Gasteiger partial charge in [0.15, 0.2) is 0 Å². The number of nitrogens with two attached hydrogens (primary N) is 1. The molecule has 1 atom stereocenters. The van der Waals surface area contributed by atoms with E-state index in [2.05, 4.69) is 49.0 Å². The highest BCUT2D eigenvalue weighted by Gasteiger charge is 2.15. The second-order valence-corrected chi connectivity index (χ2v) is 6.36. The Morgan fingerprint density at radius 2 is 1.85 bits per heavy atom. The summed E-state index contributed by atoms with van der Waals surface area (Å²) in [5.41, 5.74) is 8.60. The topological polar surface area (TPSA) is 38.9 Å². The molecule has 0 aliphatic carbocycles. The molecule has 100 valence electrons. The zero-order valence-electron chi connectivity index (χ0n) is 10.6. The Balaban J connectivity index is 2.15. The quantitative estimate of drug-likeness (QED) is 0.680. The second-order valence-electron chi connectivity index (χ2n) is 4.59. The molecular weight excluding hydrogens is 380 g/mol. The van der Waals surface area contributed by atoms with Crippen LogP contribution in [0.2, 0.25) is 0 Å². The fourth-order valence-electron chi connectivity index (χ4n) is 2.33. The van der Waals surface area contributed by atoms with E-state index in [-0.39, 0.29) is 6.04 Å². The molecule has 3 rings (SSSR count). The molecule has 2 N–H and O–H groups in total. The summed E-state index contributed by atoms with van der Waals surface area (Å²) in [4.78, 5) is 4.21. The van der Waals surface area contributed by atoms with Crippen molar-refractivity contribution >= 4 is 42.6 Å². The van der Waals surface area contributed by atoms with Gasteiger partial charge in [0.2, 0.25) is 0 Å². The third-order valence-corrected chi connectivity index (χ3v) is 4.53. The first-order valence-electron chi connectivity index (χ1n) is 6.20. The molecule has 0 amide bonds. The van der Waals surface area contributed by atoms with Gasteiger partial charge in [-0.3, -0.25) is 4.98 Å². The molecule has 0 fully saturated rings. The fraction of sp³-hybridized carbons (Fsp3) is 0.0625. The van der Waals surface area contributed by atoms with Crippen LogP contribution in [0.3, 0.4) is 0 Å². The highest BCUT2D eigenvalue weighted by molar-refractivity contribution is 9.11. The van der Waals surface area contributed by atoms with Crippen LogP contribution >= 0.6 is 31.9 Å². The maximum Gasteiger partial charge on any atom is 0.0569 e. The Morgan fingerprint density at radius 3 is 2.65 bits per heavy atom. The van der Waals surface area contributed by atoms with Crippen molar-refractivity contribution in [3.8, 4) is 0 Å². The summed E-state index contributed by atoms with van der Waals surface area (Å²) in [7, 11) is 0. The predicted octanol–water partition coefficient (Wildman–Crippen LogP) is 4.81. The monoisotopic (exact) mass is 390 g/mol. The third-order valence-electron chi connectivity index (χ3n) is 3.35. The summed E-state index contributed by atoms with van der Waals surface area (Å²) in [5, 5.41) is 2.25. The third kappa shape index (κ3) is 2.51. The van der Waals surface area contributed by atoms with Gasteiger partial charge in [-0.25, -0.2) is 0 Å². The minimum absolute atomic E-state index is 0.189. The predicted molar refractivity (Wildman–Crippen MR) is 89.6 cm³/mol. The van der Waals surface area contributed by atoms with Gasteiger partial charge in [0.25, 0.3) is 0 Å². The molecular formula is C16H12Br2N2. The van der Waals surface area contributed by atoms with E-state index in [4.69, 9.17) is 5.73 Å². The van der Waals surface area contributed by atoms with E-state index in [1.165, 1.54) is 0 Å². The van der Waals surface area contributed by atoms with Gasteiger partial charge < -0.3 is 5.73 Å². The zero-order valence-corrected chi connectivity index (χ0v) is 13.7. The van der Waals surface area contributed by atoms with Crippen molar-refractivity contribution in [1.29, 1.82) is 0 Å². The molecule has 4 heteroatoms. The van der Waals surface area contributed by atoms with Crippen molar-refractivity contribution in [2.45, 2.75) is 6.04 Å². The molecule has 1 heterocycles. The normalized spacial score (nSPS) is 12.6. The number of pyridine rings is 1. The van der Waals surface area contributed by atoms with Crippen molar-refractivity contribution in [3.63, 3.8) is 0 Å². The van der Waals surface area contributed by atoms with Crippen molar-refractivity contribution in [1.82, 2.24) is 4.98 Å². The number of benzene rings is 2. The van der Waals surface area contributed by atoms with Gasteiger partial charge in [0.05, 0.1) is 6.04 Å². The lowest BCUT2D eigenvalue weighted by Crippen LogP contribution is -2.13. The number of fused-ring (bicyclic) bond motifs is 1. The highest BCUT2D eigenvalue weighted by Crippen LogP contribution is 2.32. The van der Waals surface area contributed by atoms with Gasteiger partial charge in [0.1, 0.15) is 0 Å². The number of rotatable bonds is 2. The Hall–Kier alpha value is -1.23. The smallest absolute Gasteiger partial charge is 0.0569 e. The molecule has 0 spiro atoms. The van der Waals surface area contributed by atoms with Crippen LogP contribution in [0, 0.1) is 0 Å². The average molecular weight is 392 g/mol. The van der Waals surface area contributed by atoms with Crippen molar-refractivity contribution in [2.24, 2.45) is 5.73 Å². The van der Waals surface area contributed by atoms with Crippen LogP contribution in [0.1, 0.15) is 17.2 Å². The molecule has 2 aromatic carbocycles. The van der Waals surface area contributed by atoms with E-state index in [1.807, 2.05) is 36.5 Å². The largest absolute Gasteiger partial charge is 0.320 e. The maximum absolute atomic E-state index is 6.46. The maximum atomic E-state index is 6.46. The summed E-state index contributed by atoms with van der Waals surface area (Å²) in [6.07, 6.45) is 3.67. The molecule has 2 nitrogen and oxygen atoms in total. The molecule has 0 bridgehead atoms. The minimum atomic E-state index is -0.189.